The molecule has 3 heterocycles. The molecule has 28 heavy (non-hydrogen) atoms. The lowest BCUT2D eigenvalue weighted by atomic mass is 9.92. The number of furan rings is 1. The molecular formula is C19H21N3O5S. The average molecular weight is 403 g/mol. The Balaban J connectivity index is 1.58. The van der Waals surface area contributed by atoms with Crippen LogP contribution < -0.4 is 0 Å². The Morgan fingerprint density at radius 2 is 2.04 bits per heavy atom. The first-order valence-electron chi connectivity index (χ1n) is 8.89. The number of nitrogens with zero attached hydrogens (tertiary/aromatic N) is 3. The lowest BCUT2D eigenvalue weighted by molar-refractivity contribution is -0.143. The molecule has 1 atom stereocenters. The molecule has 4 rings (SSSR count). The molecule has 0 saturated heterocycles. The Morgan fingerprint density at radius 1 is 1.29 bits per heavy atom. The van der Waals surface area contributed by atoms with E-state index < -0.39 is 21.5 Å². The van der Waals surface area contributed by atoms with Gasteiger partial charge in [0.1, 0.15) is 5.58 Å². The van der Waals surface area contributed by atoms with Crippen molar-refractivity contribution >= 4 is 26.9 Å². The number of carbonyl (C=O) groups is 1. The summed E-state index contributed by atoms with van der Waals surface area (Å²) in [5.41, 5.74) is 0.706. The number of aliphatic hydroxyl groups is 1. The maximum atomic E-state index is 12.9. The van der Waals surface area contributed by atoms with Crippen LogP contribution in [-0.2, 0) is 27.9 Å². The molecule has 3 aromatic rings. The number of aromatic nitrogens is 2. The van der Waals surface area contributed by atoms with Gasteiger partial charge in [0.25, 0.3) is 10.0 Å². The average Bonchev–Trinajstić information content (AvgIpc) is 3.32. The maximum Gasteiger partial charge on any atom is 0.282 e. The van der Waals surface area contributed by atoms with Gasteiger partial charge in [0.05, 0.1) is 34.9 Å². The van der Waals surface area contributed by atoms with Crippen LogP contribution in [0.15, 0.2) is 46.0 Å². The number of hydrogen-bond donors (Lipinski definition) is 1. The van der Waals surface area contributed by atoms with Gasteiger partial charge in [0.15, 0.2) is 0 Å². The molecule has 0 spiro atoms. The predicted molar refractivity (Wildman–Crippen MR) is 101 cm³/mol. The quantitative estimate of drug-likeness (QED) is 0.715. The van der Waals surface area contributed by atoms with Crippen LogP contribution in [0.4, 0.5) is 0 Å². The summed E-state index contributed by atoms with van der Waals surface area (Å²) >= 11 is 0. The maximum absolute atomic E-state index is 12.9. The molecule has 2 aromatic heterocycles. The van der Waals surface area contributed by atoms with Gasteiger partial charge in [-0.25, -0.2) is 0 Å². The van der Waals surface area contributed by atoms with E-state index in [4.69, 9.17) is 4.42 Å². The summed E-state index contributed by atoms with van der Waals surface area (Å²) in [7, 11) is -3.84. The molecule has 9 heteroatoms. The Labute approximate surface area is 162 Å². The van der Waals surface area contributed by atoms with Crippen molar-refractivity contribution in [3.8, 4) is 0 Å². The largest absolute Gasteiger partial charge is 0.464 e. The second-order valence-corrected chi connectivity index (χ2v) is 9.46. The summed E-state index contributed by atoms with van der Waals surface area (Å²) in [6, 6.07) is 6.33. The van der Waals surface area contributed by atoms with Crippen LogP contribution in [0.3, 0.4) is 0 Å². The molecule has 0 saturated carbocycles. The van der Waals surface area contributed by atoms with E-state index in [9.17, 15) is 18.3 Å². The van der Waals surface area contributed by atoms with Crippen LogP contribution in [-0.4, -0.2) is 39.1 Å². The number of fused-ring (bicyclic) bond motifs is 2. The van der Waals surface area contributed by atoms with E-state index in [1.165, 1.54) is 18.5 Å². The first kappa shape index (κ1) is 18.7. The van der Waals surface area contributed by atoms with Crippen LogP contribution in [0.5, 0.6) is 0 Å². The van der Waals surface area contributed by atoms with Gasteiger partial charge >= 0.3 is 0 Å². The molecule has 0 bridgehead atoms. The van der Waals surface area contributed by atoms with Crippen LogP contribution in [0.1, 0.15) is 32.0 Å². The molecule has 1 aliphatic rings. The minimum atomic E-state index is -3.84. The van der Waals surface area contributed by atoms with Gasteiger partial charge in [-0.05, 0) is 38.1 Å². The topological polar surface area (TPSA) is 106 Å². The highest BCUT2D eigenvalue weighted by Gasteiger charge is 2.36. The molecule has 0 radical (unpaired) electrons. The Morgan fingerprint density at radius 3 is 2.71 bits per heavy atom. The molecule has 1 amide bonds. The fourth-order valence-corrected chi connectivity index (χ4v) is 4.40. The second-order valence-electron chi connectivity index (χ2n) is 7.67. The van der Waals surface area contributed by atoms with Crippen LogP contribution in [0.2, 0.25) is 0 Å². The van der Waals surface area contributed by atoms with Gasteiger partial charge in [-0.3, -0.25) is 4.79 Å². The normalized spacial score (nSPS) is 15.8. The highest BCUT2D eigenvalue weighted by Crippen LogP contribution is 2.28. The summed E-state index contributed by atoms with van der Waals surface area (Å²) in [5.74, 6) is -0.764. The predicted octanol–water partition coefficient (Wildman–Crippen LogP) is 2.12. The van der Waals surface area contributed by atoms with Crippen molar-refractivity contribution in [1.82, 2.24) is 14.1 Å². The van der Waals surface area contributed by atoms with Crippen molar-refractivity contribution in [3.05, 3.63) is 48.0 Å². The minimum Gasteiger partial charge on any atom is -0.464 e. The molecule has 8 nitrogen and oxygen atoms in total. The third kappa shape index (κ3) is 3.00. The molecular weight excluding hydrogens is 382 g/mol. The zero-order chi connectivity index (χ0) is 20.3. The Bertz CT molecular complexity index is 1150. The zero-order valence-corrected chi connectivity index (χ0v) is 16.6. The van der Waals surface area contributed by atoms with Crippen molar-refractivity contribution in [2.45, 2.75) is 44.4 Å². The molecule has 1 aliphatic heterocycles. The van der Waals surface area contributed by atoms with E-state index >= 15 is 0 Å². The molecule has 0 aliphatic carbocycles. The first-order chi connectivity index (χ1) is 13.1. The fourth-order valence-electron chi connectivity index (χ4n) is 3.20. The summed E-state index contributed by atoms with van der Waals surface area (Å²) < 4.78 is 32.0. The number of hydrogen-bond acceptors (Lipinski definition) is 6. The summed E-state index contributed by atoms with van der Waals surface area (Å²) in [6.07, 6.45) is 2.95. The van der Waals surface area contributed by atoms with Gasteiger partial charge in [-0.15, -0.1) is 0 Å². The van der Waals surface area contributed by atoms with Gasteiger partial charge < -0.3 is 14.4 Å². The molecule has 1 N–H and O–H groups in total. The number of benzene rings is 1. The van der Waals surface area contributed by atoms with E-state index in [0.717, 1.165) is 4.09 Å². The Kier molecular flexibility index (Phi) is 4.13. The third-order valence-corrected chi connectivity index (χ3v) is 6.80. The summed E-state index contributed by atoms with van der Waals surface area (Å²) in [6.45, 7) is 5.35. The SMILES string of the molecule is C[C@@H](C(=O)N1Cc2cn(S(=O)(=O)c3ccc4occc4c3)nc2C1)C(C)(C)O. The third-order valence-electron chi connectivity index (χ3n) is 5.27. The summed E-state index contributed by atoms with van der Waals surface area (Å²) in [4.78, 5) is 14.3. The van der Waals surface area contributed by atoms with Crippen molar-refractivity contribution in [2.75, 3.05) is 0 Å². The highest BCUT2D eigenvalue weighted by molar-refractivity contribution is 7.89. The number of carbonyl (C=O) groups excluding carboxylic acids is 1. The summed E-state index contributed by atoms with van der Waals surface area (Å²) in [5, 5.41) is 15.0. The van der Waals surface area contributed by atoms with Crippen molar-refractivity contribution in [1.29, 1.82) is 0 Å². The fraction of sp³-hybridized carbons (Fsp3) is 0.368. The zero-order valence-electron chi connectivity index (χ0n) is 15.8. The molecule has 148 valence electrons. The van der Waals surface area contributed by atoms with E-state index in [0.29, 0.717) is 22.2 Å². The minimum absolute atomic E-state index is 0.117. The van der Waals surface area contributed by atoms with Crippen LogP contribution in [0, 0.1) is 5.92 Å². The molecule has 0 unspecified atom stereocenters. The highest BCUT2D eigenvalue weighted by atomic mass is 32.2. The van der Waals surface area contributed by atoms with Gasteiger partial charge in [-0.1, -0.05) is 6.92 Å². The van der Waals surface area contributed by atoms with E-state index in [1.54, 1.807) is 43.9 Å². The van der Waals surface area contributed by atoms with E-state index in [1.807, 2.05) is 0 Å². The second kappa shape index (κ2) is 6.18. The lowest BCUT2D eigenvalue weighted by Crippen LogP contribution is -2.42. The van der Waals surface area contributed by atoms with E-state index in [-0.39, 0.29) is 23.9 Å². The monoisotopic (exact) mass is 403 g/mol. The Hall–Kier alpha value is -2.65. The van der Waals surface area contributed by atoms with Gasteiger partial charge in [0, 0.05) is 23.7 Å². The standard InChI is InChI=1S/C19H21N3O5S/c1-12(19(2,3)24)18(23)21-9-14-10-22(20-16(14)11-21)28(25,26)15-4-5-17-13(8-15)6-7-27-17/h4-8,10,12,24H,9,11H2,1-3H3/t12-/m0/s1. The first-order valence-corrected chi connectivity index (χ1v) is 10.3. The number of rotatable bonds is 4. The van der Waals surface area contributed by atoms with Crippen molar-refractivity contribution in [2.24, 2.45) is 5.92 Å². The van der Waals surface area contributed by atoms with Crippen molar-refractivity contribution in [3.63, 3.8) is 0 Å². The van der Waals surface area contributed by atoms with E-state index in [2.05, 4.69) is 5.10 Å². The van der Waals surface area contributed by atoms with Gasteiger partial charge in [-0.2, -0.15) is 17.6 Å². The van der Waals surface area contributed by atoms with Crippen LogP contribution in [0.25, 0.3) is 11.0 Å². The molecule has 1 aromatic carbocycles. The van der Waals surface area contributed by atoms with Crippen LogP contribution >= 0.6 is 0 Å². The lowest BCUT2D eigenvalue weighted by Gasteiger charge is -2.28. The smallest absolute Gasteiger partial charge is 0.282 e. The number of amides is 1. The van der Waals surface area contributed by atoms with Crippen molar-refractivity contribution < 1.29 is 22.7 Å². The molecule has 0 fully saturated rings. The van der Waals surface area contributed by atoms with Gasteiger partial charge in [0.2, 0.25) is 5.91 Å².